The molecule has 0 spiro atoms. The Balaban J connectivity index is 1.72. The molecule has 0 bridgehead atoms. The first-order valence-electron chi connectivity index (χ1n) is 6.90. The number of nitrogens with two attached hydrogens (primary N) is 1. The fourth-order valence-electron chi connectivity index (χ4n) is 1.89. The number of hydrogen-bond acceptors (Lipinski definition) is 4. The highest BCUT2D eigenvalue weighted by Gasteiger charge is 2.05. The summed E-state index contributed by atoms with van der Waals surface area (Å²) in [4.78, 5) is 15.8. The van der Waals surface area contributed by atoms with E-state index in [9.17, 15) is 4.79 Å². The molecule has 0 atom stereocenters. The molecule has 1 aromatic heterocycles. The second kappa shape index (κ2) is 8.01. The summed E-state index contributed by atoms with van der Waals surface area (Å²) in [6.07, 6.45) is 4.39. The Hall–Kier alpha value is -2.40. The van der Waals surface area contributed by atoms with Crippen LogP contribution in [0.25, 0.3) is 0 Å². The molecule has 0 aliphatic heterocycles. The summed E-state index contributed by atoms with van der Waals surface area (Å²) in [6, 6.07) is 11.2. The number of rotatable bonds is 7. The summed E-state index contributed by atoms with van der Waals surface area (Å²) in [5, 5.41) is 2.87. The van der Waals surface area contributed by atoms with Gasteiger partial charge in [0.15, 0.2) is 0 Å². The van der Waals surface area contributed by atoms with Crippen LogP contribution in [0.15, 0.2) is 48.8 Å². The molecule has 0 saturated heterocycles. The summed E-state index contributed by atoms with van der Waals surface area (Å²) >= 11 is 0. The van der Waals surface area contributed by atoms with Gasteiger partial charge in [0.05, 0.1) is 12.8 Å². The van der Waals surface area contributed by atoms with Crippen LogP contribution < -0.4 is 15.8 Å². The van der Waals surface area contributed by atoms with Crippen molar-refractivity contribution in [2.75, 3.05) is 11.9 Å². The van der Waals surface area contributed by atoms with Crippen molar-refractivity contribution in [3.8, 4) is 5.75 Å². The lowest BCUT2D eigenvalue weighted by Gasteiger charge is -2.10. The molecule has 0 fully saturated rings. The third-order valence-electron chi connectivity index (χ3n) is 2.96. The number of benzene rings is 1. The summed E-state index contributed by atoms with van der Waals surface area (Å²) < 4.78 is 5.49. The van der Waals surface area contributed by atoms with Gasteiger partial charge in [-0.2, -0.15) is 0 Å². The topological polar surface area (TPSA) is 77.2 Å². The van der Waals surface area contributed by atoms with Crippen LogP contribution >= 0.6 is 0 Å². The van der Waals surface area contributed by atoms with E-state index in [1.165, 1.54) is 0 Å². The van der Waals surface area contributed by atoms with Gasteiger partial charge < -0.3 is 15.8 Å². The average molecular weight is 285 g/mol. The first-order chi connectivity index (χ1) is 10.3. The number of nitrogens with one attached hydrogen (secondary N) is 1. The van der Waals surface area contributed by atoms with E-state index in [0.717, 1.165) is 11.3 Å². The molecule has 21 heavy (non-hydrogen) atoms. The standard InChI is InChI=1S/C16H19N3O2/c17-11-13-5-1-2-7-15(13)19-16(20)8-4-10-21-14-6-3-9-18-12-14/h1-3,5-7,9,12H,4,8,10-11,17H2,(H,19,20). The molecule has 0 saturated carbocycles. The molecule has 1 amide bonds. The number of carbonyl (C=O) groups is 1. The number of aromatic nitrogens is 1. The second-order valence-electron chi connectivity index (χ2n) is 4.55. The van der Waals surface area contributed by atoms with Crippen molar-refractivity contribution in [1.29, 1.82) is 0 Å². The quantitative estimate of drug-likeness (QED) is 0.765. The zero-order chi connectivity index (χ0) is 14.9. The molecule has 0 aliphatic rings. The molecule has 0 radical (unpaired) electrons. The zero-order valence-electron chi connectivity index (χ0n) is 11.8. The number of carbonyl (C=O) groups excluding carboxylic acids is 1. The van der Waals surface area contributed by atoms with Crippen LogP contribution in [-0.4, -0.2) is 17.5 Å². The minimum absolute atomic E-state index is 0.0364. The van der Waals surface area contributed by atoms with Gasteiger partial charge in [0.1, 0.15) is 5.75 Å². The Morgan fingerprint density at radius 3 is 2.86 bits per heavy atom. The Bertz CT molecular complexity index is 573. The Morgan fingerprint density at radius 1 is 1.24 bits per heavy atom. The number of amides is 1. The third kappa shape index (κ3) is 4.89. The van der Waals surface area contributed by atoms with Gasteiger partial charge in [-0.15, -0.1) is 0 Å². The maximum absolute atomic E-state index is 11.9. The lowest BCUT2D eigenvalue weighted by Crippen LogP contribution is -2.15. The van der Waals surface area contributed by atoms with Gasteiger partial charge in [0, 0.05) is 24.8 Å². The van der Waals surface area contributed by atoms with Gasteiger partial charge >= 0.3 is 0 Å². The highest BCUT2D eigenvalue weighted by Crippen LogP contribution is 2.14. The van der Waals surface area contributed by atoms with Gasteiger partial charge in [0.25, 0.3) is 0 Å². The lowest BCUT2D eigenvalue weighted by atomic mass is 10.1. The lowest BCUT2D eigenvalue weighted by molar-refractivity contribution is -0.116. The van der Waals surface area contributed by atoms with E-state index in [2.05, 4.69) is 10.3 Å². The molecule has 0 aliphatic carbocycles. The highest BCUT2D eigenvalue weighted by atomic mass is 16.5. The third-order valence-corrected chi connectivity index (χ3v) is 2.96. The van der Waals surface area contributed by atoms with Crippen molar-refractivity contribution in [3.05, 3.63) is 54.4 Å². The minimum atomic E-state index is -0.0364. The van der Waals surface area contributed by atoms with Crippen LogP contribution in [-0.2, 0) is 11.3 Å². The molecular formula is C16H19N3O2. The molecule has 1 heterocycles. The van der Waals surface area contributed by atoms with Crippen LogP contribution in [0.5, 0.6) is 5.75 Å². The van der Waals surface area contributed by atoms with Gasteiger partial charge in [-0.3, -0.25) is 9.78 Å². The van der Waals surface area contributed by atoms with Gasteiger partial charge in [-0.25, -0.2) is 0 Å². The number of nitrogens with zero attached hydrogens (tertiary/aromatic N) is 1. The first-order valence-corrected chi connectivity index (χ1v) is 6.90. The van der Waals surface area contributed by atoms with Crippen LogP contribution in [0.1, 0.15) is 18.4 Å². The van der Waals surface area contributed by atoms with Crippen molar-refractivity contribution in [3.63, 3.8) is 0 Å². The number of para-hydroxylation sites is 1. The number of hydrogen-bond donors (Lipinski definition) is 2. The molecule has 2 aromatic rings. The van der Waals surface area contributed by atoms with Crippen LogP contribution in [0.4, 0.5) is 5.69 Å². The van der Waals surface area contributed by atoms with Crippen molar-refractivity contribution < 1.29 is 9.53 Å². The van der Waals surface area contributed by atoms with E-state index in [1.54, 1.807) is 12.4 Å². The Kier molecular flexibility index (Phi) is 5.72. The number of ether oxygens (including phenoxy) is 1. The van der Waals surface area contributed by atoms with Gasteiger partial charge in [-0.05, 0) is 30.2 Å². The molecule has 110 valence electrons. The molecular weight excluding hydrogens is 266 g/mol. The largest absolute Gasteiger partial charge is 0.492 e. The van der Waals surface area contributed by atoms with E-state index in [0.29, 0.717) is 31.7 Å². The monoisotopic (exact) mass is 285 g/mol. The predicted molar refractivity (Wildman–Crippen MR) is 81.9 cm³/mol. The average Bonchev–Trinajstić information content (AvgIpc) is 2.53. The van der Waals surface area contributed by atoms with Crippen LogP contribution in [0, 0.1) is 0 Å². The summed E-state index contributed by atoms with van der Waals surface area (Å²) in [6.45, 7) is 0.887. The van der Waals surface area contributed by atoms with Crippen molar-refractivity contribution in [2.24, 2.45) is 5.73 Å². The van der Waals surface area contributed by atoms with Crippen molar-refractivity contribution in [2.45, 2.75) is 19.4 Å². The summed E-state index contributed by atoms with van der Waals surface area (Å²) in [7, 11) is 0. The second-order valence-corrected chi connectivity index (χ2v) is 4.55. The fourth-order valence-corrected chi connectivity index (χ4v) is 1.89. The molecule has 5 heteroatoms. The van der Waals surface area contributed by atoms with E-state index in [-0.39, 0.29) is 5.91 Å². The maximum Gasteiger partial charge on any atom is 0.224 e. The van der Waals surface area contributed by atoms with Crippen LogP contribution in [0.3, 0.4) is 0 Å². The van der Waals surface area contributed by atoms with Gasteiger partial charge in [0.2, 0.25) is 5.91 Å². The Morgan fingerprint density at radius 2 is 2.10 bits per heavy atom. The number of pyridine rings is 1. The molecule has 1 aromatic carbocycles. The highest BCUT2D eigenvalue weighted by molar-refractivity contribution is 5.91. The summed E-state index contributed by atoms with van der Waals surface area (Å²) in [5.41, 5.74) is 7.34. The first kappa shape index (κ1) is 15.0. The summed E-state index contributed by atoms with van der Waals surface area (Å²) in [5.74, 6) is 0.678. The Labute approximate surface area is 124 Å². The van der Waals surface area contributed by atoms with E-state index >= 15 is 0 Å². The minimum Gasteiger partial charge on any atom is -0.492 e. The van der Waals surface area contributed by atoms with Crippen molar-refractivity contribution in [1.82, 2.24) is 4.98 Å². The number of anilines is 1. The molecule has 3 N–H and O–H groups in total. The van der Waals surface area contributed by atoms with Gasteiger partial charge in [-0.1, -0.05) is 18.2 Å². The van der Waals surface area contributed by atoms with Crippen molar-refractivity contribution >= 4 is 11.6 Å². The fraction of sp³-hybridized carbons (Fsp3) is 0.250. The van der Waals surface area contributed by atoms with Crippen LogP contribution in [0.2, 0.25) is 0 Å². The van der Waals surface area contributed by atoms with E-state index in [4.69, 9.17) is 10.5 Å². The normalized spacial score (nSPS) is 10.1. The maximum atomic E-state index is 11.9. The van der Waals surface area contributed by atoms with E-state index in [1.807, 2.05) is 36.4 Å². The molecule has 5 nitrogen and oxygen atoms in total. The molecule has 2 rings (SSSR count). The zero-order valence-corrected chi connectivity index (χ0v) is 11.8. The predicted octanol–water partition coefficient (Wildman–Crippen LogP) is 2.34. The molecule has 0 unspecified atom stereocenters. The smallest absolute Gasteiger partial charge is 0.224 e. The van der Waals surface area contributed by atoms with E-state index < -0.39 is 0 Å². The SMILES string of the molecule is NCc1ccccc1NC(=O)CCCOc1cccnc1.